The van der Waals surface area contributed by atoms with Crippen LogP contribution in [0.2, 0.25) is 0 Å². The number of benzene rings is 1. The summed E-state index contributed by atoms with van der Waals surface area (Å²) in [7, 11) is 1.47. The Morgan fingerprint density at radius 3 is 3.00 bits per heavy atom. The maximum absolute atomic E-state index is 13.6. The predicted octanol–water partition coefficient (Wildman–Crippen LogP) is 2.16. The molecule has 1 aliphatic heterocycles. The molecule has 2 rings (SSSR count). The number of hydrogen-bond acceptors (Lipinski definition) is 3. The molecule has 1 aliphatic rings. The van der Waals surface area contributed by atoms with Crippen LogP contribution >= 0.6 is 0 Å². The molecule has 0 bridgehead atoms. The minimum atomic E-state index is -0.507. The lowest BCUT2D eigenvalue weighted by Crippen LogP contribution is -2.24. The lowest BCUT2D eigenvalue weighted by molar-refractivity contribution is 0.0967. The van der Waals surface area contributed by atoms with Crippen LogP contribution in [0, 0.1) is 5.82 Å². The second-order valence-corrected chi connectivity index (χ2v) is 4.27. The smallest absolute Gasteiger partial charge is 0.167 e. The molecule has 1 heterocycles. The first-order chi connectivity index (χ1) is 8.20. The van der Waals surface area contributed by atoms with Crippen LogP contribution in [-0.4, -0.2) is 25.5 Å². The average molecular weight is 237 g/mol. The van der Waals surface area contributed by atoms with E-state index < -0.39 is 5.82 Å². The van der Waals surface area contributed by atoms with Crippen LogP contribution in [0.3, 0.4) is 0 Å². The van der Waals surface area contributed by atoms with Crippen LogP contribution in [0.1, 0.15) is 29.6 Å². The molecule has 0 spiro atoms. The molecule has 1 N–H and O–H groups in total. The number of methoxy groups -OCH3 is 1. The number of nitrogens with one attached hydrogen (secondary N) is 1. The van der Waals surface area contributed by atoms with Crippen molar-refractivity contribution >= 4 is 5.78 Å². The Hall–Kier alpha value is -1.42. The summed E-state index contributed by atoms with van der Waals surface area (Å²) in [5, 5.41) is 3.23. The van der Waals surface area contributed by atoms with E-state index in [1.807, 2.05) is 0 Å². The highest BCUT2D eigenvalue weighted by atomic mass is 19.1. The van der Waals surface area contributed by atoms with Crippen LogP contribution in [0.5, 0.6) is 5.75 Å². The second-order valence-electron chi connectivity index (χ2n) is 4.27. The van der Waals surface area contributed by atoms with Gasteiger partial charge in [-0.25, -0.2) is 4.39 Å². The molecule has 1 fully saturated rings. The van der Waals surface area contributed by atoms with Gasteiger partial charge in [0, 0.05) is 18.5 Å². The molecule has 1 unspecified atom stereocenters. The van der Waals surface area contributed by atoms with Gasteiger partial charge in [0.15, 0.2) is 5.78 Å². The van der Waals surface area contributed by atoms with Gasteiger partial charge in [0.05, 0.1) is 12.7 Å². The zero-order valence-corrected chi connectivity index (χ0v) is 9.83. The lowest BCUT2D eigenvalue weighted by atomic mass is 10.0. The zero-order valence-electron chi connectivity index (χ0n) is 9.83. The summed E-state index contributed by atoms with van der Waals surface area (Å²) in [5.74, 6) is -0.227. The Labute approximate surface area is 100.0 Å². The van der Waals surface area contributed by atoms with Crippen LogP contribution in [0.4, 0.5) is 4.39 Å². The number of hydrogen-bond donors (Lipinski definition) is 1. The number of halogens is 1. The number of ether oxygens (including phenoxy) is 1. The summed E-state index contributed by atoms with van der Waals surface area (Å²) in [5.41, 5.74) is 0.152. The minimum Gasteiger partial charge on any atom is -0.497 e. The van der Waals surface area contributed by atoms with E-state index in [0.717, 1.165) is 19.4 Å². The van der Waals surface area contributed by atoms with Gasteiger partial charge < -0.3 is 10.1 Å². The summed E-state index contributed by atoms with van der Waals surface area (Å²) in [6.07, 6.45) is 2.44. The maximum atomic E-state index is 13.6. The summed E-state index contributed by atoms with van der Waals surface area (Å²) in [6, 6.07) is 4.54. The van der Waals surface area contributed by atoms with E-state index in [2.05, 4.69) is 5.32 Å². The van der Waals surface area contributed by atoms with Crippen molar-refractivity contribution in [3.05, 3.63) is 29.6 Å². The van der Waals surface area contributed by atoms with Crippen molar-refractivity contribution in [2.45, 2.75) is 25.3 Å². The van der Waals surface area contributed by atoms with Gasteiger partial charge in [0.2, 0.25) is 0 Å². The van der Waals surface area contributed by atoms with Crippen LogP contribution < -0.4 is 10.1 Å². The number of Topliss-reactive ketones (excluding diaryl/α,β-unsaturated/α-hetero) is 1. The van der Waals surface area contributed by atoms with Crippen LogP contribution in [0.15, 0.2) is 18.2 Å². The van der Waals surface area contributed by atoms with E-state index in [4.69, 9.17) is 4.74 Å². The summed E-state index contributed by atoms with van der Waals surface area (Å²) in [4.78, 5) is 11.9. The zero-order chi connectivity index (χ0) is 12.3. The highest BCUT2D eigenvalue weighted by molar-refractivity contribution is 5.96. The largest absolute Gasteiger partial charge is 0.497 e. The molecule has 0 radical (unpaired) electrons. The van der Waals surface area contributed by atoms with E-state index in [9.17, 15) is 9.18 Å². The van der Waals surface area contributed by atoms with Crippen molar-refractivity contribution < 1.29 is 13.9 Å². The van der Waals surface area contributed by atoms with Crippen molar-refractivity contribution in [3.63, 3.8) is 0 Å². The molecule has 1 saturated heterocycles. The Kier molecular flexibility index (Phi) is 3.74. The molecule has 17 heavy (non-hydrogen) atoms. The third-order valence-electron chi connectivity index (χ3n) is 3.07. The summed E-state index contributed by atoms with van der Waals surface area (Å²) < 4.78 is 18.5. The molecule has 3 nitrogen and oxygen atoms in total. The van der Waals surface area contributed by atoms with E-state index in [1.54, 1.807) is 6.07 Å². The third kappa shape index (κ3) is 2.82. The summed E-state index contributed by atoms with van der Waals surface area (Å²) >= 11 is 0. The summed E-state index contributed by atoms with van der Waals surface area (Å²) in [6.45, 7) is 0.947. The monoisotopic (exact) mass is 237 g/mol. The Morgan fingerprint density at radius 2 is 2.41 bits per heavy atom. The molecule has 92 valence electrons. The third-order valence-corrected chi connectivity index (χ3v) is 3.07. The number of carbonyl (C=O) groups excluding carboxylic acids is 1. The van der Waals surface area contributed by atoms with Gasteiger partial charge >= 0.3 is 0 Å². The average Bonchev–Trinajstić information content (AvgIpc) is 2.81. The minimum absolute atomic E-state index is 0.149. The van der Waals surface area contributed by atoms with Crippen molar-refractivity contribution in [3.8, 4) is 5.75 Å². The molecule has 1 aromatic rings. The molecule has 0 aliphatic carbocycles. The second kappa shape index (κ2) is 5.27. The quantitative estimate of drug-likeness (QED) is 0.815. The topological polar surface area (TPSA) is 38.3 Å². The van der Waals surface area contributed by atoms with E-state index >= 15 is 0 Å². The first kappa shape index (κ1) is 12.0. The molecular formula is C13H16FNO2. The van der Waals surface area contributed by atoms with Crippen molar-refractivity contribution in [2.75, 3.05) is 13.7 Å². The van der Waals surface area contributed by atoms with Gasteiger partial charge in [-0.05, 0) is 31.5 Å². The van der Waals surface area contributed by atoms with E-state index in [0.29, 0.717) is 12.2 Å². The fourth-order valence-electron chi connectivity index (χ4n) is 2.11. The standard InChI is InChI=1S/C13H16FNO2/c1-17-10-4-5-11(12(14)8-10)13(16)7-9-3-2-6-15-9/h4-5,8-9,15H,2-3,6-7H2,1H3. The molecule has 0 aromatic heterocycles. The molecule has 4 heteroatoms. The van der Waals surface area contributed by atoms with Crippen LogP contribution in [-0.2, 0) is 0 Å². The van der Waals surface area contributed by atoms with Gasteiger partial charge in [0.1, 0.15) is 11.6 Å². The molecule has 1 aromatic carbocycles. The first-order valence-corrected chi connectivity index (χ1v) is 5.81. The van der Waals surface area contributed by atoms with Gasteiger partial charge in [-0.15, -0.1) is 0 Å². The van der Waals surface area contributed by atoms with Crippen LogP contribution in [0.25, 0.3) is 0 Å². The van der Waals surface area contributed by atoms with Gasteiger partial charge in [-0.2, -0.15) is 0 Å². The maximum Gasteiger partial charge on any atom is 0.167 e. The molecule has 0 saturated carbocycles. The van der Waals surface area contributed by atoms with Gasteiger partial charge in [-0.1, -0.05) is 0 Å². The van der Waals surface area contributed by atoms with Gasteiger partial charge in [-0.3, -0.25) is 4.79 Å². The Morgan fingerprint density at radius 1 is 1.59 bits per heavy atom. The lowest BCUT2D eigenvalue weighted by Gasteiger charge is -2.10. The normalized spacial score (nSPS) is 19.3. The molecular weight excluding hydrogens is 221 g/mol. The Balaban J connectivity index is 2.07. The molecule has 0 amide bonds. The van der Waals surface area contributed by atoms with E-state index in [-0.39, 0.29) is 17.4 Å². The van der Waals surface area contributed by atoms with Gasteiger partial charge in [0.25, 0.3) is 0 Å². The fraction of sp³-hybridized carbons (Fsp3) is 0.462. The van der Waals surface area contributed by atoms with Crippen molar-refractivity contribution in [2.24, 2.45) is 0 Å². The van der Waals surface area contributed by atoms with Crippen molar-refractivity contribution in [1.82, 2.24) is 5.32 Å². The highest BCUT2D eigenvalue weighted by Gasteiger charge is 2.20. The predicted molar refractivity (Wildman–Crippen MR) is 62.9 cm³/mol. The number of carbonyl (C=O) groups is 1. The SMILES string of the molecule is COc1ccc(C(=O)CC2CCCN2)c(F)c1. The number of rotatable bonds is 4. The fourth-order valence-corrected chi connectivity index (χ4v) is 2.11. The molecule has 1 atom stereocenters. The van der Waals surface area contributed by atoms with E-state index in [1.165, 1.54) is 19.2 Å². The Bertz CT molecular complexity index is 414. The highest BCUT2D eigenvalue weighted by Crippen LogP contribution is 2.19. The van der Waals surface area contributed by atoms with Crippen molar-refractivity contribution in [1.29, 1.82) is 0 Å². The number of ketones is 1. The first-order valence-electron chi connectivity index (χ1n) is 5.81.